The van der Waals surface area contributed by atoms with Crippen LogP contribution >= 0.6 is 0 Å². The first-order valence-electron chi connectivity index (χ1n) is 7.38. The van der Waals surface area contributed by atoms with Crippen LogP contribution in [-0.2, 0) is 12.0 Å². The fraction of sp³-hybridized carbons (Fsp3) is 0.867. The molecule has 0 radical (unpaired) electrons. The number of aromatic nitrogens is 2. The molecule has 1 N–H and O–H groups in total. The minimum Gasteiger partial charge on any atom is -0.387 e. The van der Waals surface area contributed by atoms with Crippen molar-refractivity contribution in [1.29, 1.82) is 0 Å². The summed E-state index contributed by atoms with van der Waals surface area (Å²) in [7, 11) is 0. The lowest BCUT2D eigenvalue weighted by atomic mass is 9.40. The van der Waals surface area contributed by atoms with E-state index in [0.29, 0.717) is 16.7 Å². The quantitative estimate of drug-likeness (QED) is 0.890. The monoisotopic (exact) mass is 262 g/mol. The van der Waals surface area contributed by atoms with E-state index in [9.17, 15) is 0 Å². The number of nitrogens with zero attached hydrogens (tertiary/aromatic N) is 2. The fourth-order valence-electron chi connectivity index (χ4n) is 6.23. The lowest BCUT2D eigenvalue weighted by Crippen LogP contribution is -2.57. The number of rotatable bonds is 2. The Kier molecular flexibility index (Phi) is 2.13. The van der Waals surface area contributed by atoms with Crippen LogP contribution in [0.5, 0.6) is 0 Å². The second-order valence-electron chi connectivity index (χ2n) is 8.08. The van der Waals surface area contributed by atoms with Gasteiger partial charge in [0.15, 0.2) is 5.82 Å². The molecule has 2 unspecified atom stereocenters. The van der Waals surface area contributed by atoms with E-state index < -0.39 is 0 Å². The summed E-state index contributed by atoms with van der Waals surface area (Å²) in [6, 6.07) is 0. The molecule has 4 aliphatic rings. The molecule has 1 aromatic heterocycles. The number of hydrogen-bond acceptors (Lipinski definition) is 4. The molecule has 1 heterocycles. The largest absolute Gasteiger partial charge is 0.387 e. The Morgan fingerprint density at radius 2 is 1.84 bits per heavy atom. The summed E-state index contributed by atoms with van der Waals surface area (Å²) in [5, 5.41) is 13.3. The molecule has 2 atom stereocenters. The predicted octanol–water partition coefficient (Wildman–Crippen LogP) is 2.81. The van der Waals surface area contributed by atoms with Gasteiger partial charge in [-0.25, -0.2) is 0 Å². The highest BCUT2D eigenvalue weighted by Gasteiger charge is 2.62. The van der Waals surface area contributed by atoms with Crippen LogP contribution in [0.15, 0.2) is 4.52 Å². The number of aliphatic hydroxyl groups excluding tert-OH is 1. The van der Waals surface area contributed by atoms with Gasteiger partial charge in [0.2, 0.25) is 0 Å². The van der Waals surface area contributed by atoms with Crippen LogP contribution in [0.3, 0.4) is 0 Å². The summed E-state index contributed by atoms with van der Waals surface area (Å²) in [4.78, 5) is 4.45. The molecule has 1 aromatic rings. The molecule has 104 valence electrons. The minimum atomic E-state index is -0.152. The molecule has 5 rings (SSSR count). The van der Waals surface area contributed by atoms with Crippen LogP contribution in [-0.4, -0.2) is 15.2 Å². The van der Waals surface area contributed by atoms with Gasteiger partial charge >= 0.3 is 0 Å². The molecular formula is C15H22N2O2. The van der Waals surface area contributed by atoms with Gasteiger partial charge in [0.1, 0.15) is 6.61 Å². The molecule has 4 nitrogen and oxygen atoms in total. The van der Waals surface area contributed by atoms with E-state index in [1.54, 1.807) is 0 Å². The standard InChI is InChI=1S/C15H22N2O2/c1-13-3-10-4-14(2,7-13)9-15(5-10,8-13)12-16-11(6-18)19-17-12/h10,18H,3-9H2,1-2H3. The molecule has 4 bridgehead atoms. The Labute approximate surface area is 113 Å². The molecule has 0 saturated heterocycles. The second-order valence-corrected chi connectivity index (χ2v) is 8.08. The van der Waals surface area contributed by atoms with E-state index in [-0.39, 0.29) is 12.0 Å². The predicted molar refractivity (Wildman–Crippen MR) is 69.3 cm³/mol. The van der Waals surface area contributed by atoms with Crippen molar-refractivity contribution in [3.63, 3.8) is 0 Å². The first kappa shape index (κ1) is 11.9. The molecule has 0 aromatic carbocycles. The first-order valence-corrected chi connectivity index (χ1v) is 7.38. The Hall–Kier alpha value is -0.900. The maximum absolute atomic E-state index is 9.14. The van der Waals surface area contributed by atoms with Gasteiger partial charge in [0, 0.05) is 5.41 Å². The highest BCUT2D eigenvalue weighted by atomic mass is 16.5. The molecule has 4 heteroatoms. The smallest absolute Gasteiger partial charge is 0.252 e. The molecule has 0 amide bonds. The Balaban J connectivity index is 1.78. The summed E-state index contributed by atoms with van der Waals surface area (Å²) in [6.07, 6.45) is 7.68. The maximum atomic E-state index is 9.14. The van der Waals surface area contributed by atoms with Crippen molar-refractivity contribution < 1.29 is 9.63 Å². The van der Waals surface area contributed by atoms with Gasteiger partial charge < -0.3 is 9.63 Å². The zero-order chi connectivity index (χ0) is 13.3. The van der Waals surface area contributed by atoms with Crippen molar-refractivity contribution in [2.75, 3.05) is 0 Å². The minimum absolute atomic E-state index is 0.111. The van der Waals surface area contributed by atoms with Crippen molar-refractivity contribution in [2.45, 2.75) is 64.4 Å². The molecule has 0 aliphatic heterocycles. The van der Waals surface area contributed by atoms with Crippen molar-refractivity contribution in [1.82, 2.24) is 10.1 Å². The highest BCUT2D eigenvalue weighted by Crippen LogP contribution is 2.69. The fourth-order valence-corrected chi connectivity index (χ4v) is 6.23. The van der Waals surface area contributed by atoms with Crippen molar-refractivity contribution in [3.05, 3.63) is 11.7 Å². The van der Waals surface area contributed by atoms with E-state index in [0.717, 1.165) is 11.7 Å². The third kappa shape index (κ3) is 1.62. The van der Waals surface area contributed by atoms with E-state index in [2.05, 4.69) is 24.0 Å². The molecule has 4 aliphatic carbocycles. The van der Waals surface area contributed by atoms with Crippen LogP contribution in [0.25, 0.3) is 0 Å². The molecule has 19 heavy (non-hydrogen) atoms. The lowest BCUT2D eigenvalue weighted by molar-refractivity contribution is -0.113. The zero-order valence-electron chi connectivity index (χ0n) is 11.8. The average molecular weight is 262 g/mol. The van der Waals surface area contributed by atoms with Crippen molar-refractivity contribution in [3.8, 4) is 0 Å². The summed E-state index contributed by atoms with van der Waals surface area (Å²) >= 11 is 0. The summed E-state index contributed by atoms with van der Waals surface area (Å²) in [5.41, 5.74) is 1.02. The van der Waals surface area contributed by atoms with Crippen molar-refractivity contribution >= 4 is 0 Å². The van der Waals surface area contributed by atoms with Gasteiger partial charge in [-0.1, -0.05) is 19.0 Å². The van der Waals surface area contributed by atoms with Crippen LogP contribution < -0.4 is 0 Å². The van der Waals surface area contributed by atoms with Gasteiger partial charge in [0.05, 0.1) is 0 Å². The third-order valence-electron chi connectivity index (χ3n) is 5.70. The molecule has 0 spiro atoms. The van der Waals surface area contributed by atoms with Gasteiger partial charge in [-0.15, -0.1) is 0 Å². The molecule has 4 fully saturated rings. The van der Waals surface area contributed by atoms with E-state index in [4.69, 9.17) is 9.63 Å². The summed E-state index contributed by atoms with van der Waals surface area (Å²) < 4.78 is 5.16. The lowest BCUT2D eigenvalue weighted by Gasteiger charge is -2.64. The second kappa shape index (κ2) is 3.40. The molecule has 4 saturated carbocycles. The SMILES string of the molecule is CC12CC3CC(C)(C1)CC(c1noc(CO)n1)(C3)C2. The van der Waals surface area contributed by atoms with E-state index in [1.807, 2.05) is 0 Å². The van der Waals surface area contributed by atoms with Gasteiger partial charge in [-0.05, 0) is 55.3 Å². The Morgan fingerprint density at radius 3 is 2.37 bits per heavy atom. The Bertz CT molecular complexity index is 506. The van der Waals surface area contributed by atoms with Crippen LogP contribution in [0.1, 0.15) is 64.1 Å². The van der Waals surface area contributed by atoms with Crippen LogP contribution in [0, 0.1) is 16.7 Å². The number of hydrogen-bond donors (Lipinski definition) is 1. The van der Waals surface area contributed by atoms with Gasteiger partial charge in [-0.3, -0.25) is 0 Å². The zero-order valence-corrected chi connectivity index (χ0v) is 11.8. The van der Waals surface area contributed by atoms with E-state index in [1.165, 1.54) is 38.5 Å². The number of aliphatic hydroxyl groups is 1. The van der Waals surface area contributed by atoms with Gasteiger partial charge in [-0.2, -0.15) is 4.98 Å². The molecular weight excluding hydrogens is 240 g/mol. The maximum Gasteiger partial charge on any atom is 0.252 e. The first-order chi connectivity index (χ1) is 8.94. The van der Waals surface area contributed by atoms with Gasteiger partial charge in [0.25, 0.3) is 5.89 Å². The van der Waals surface area contributed by atoms with Crippen molar-refractivity contribution in [2.24, 2.45) is 16.7 Å². The third-order valence-corrected chi connectivity index (χ3v) is 5.70. The average Bonchev–Trinajstić information content (AvgIpc) is 2.72. The topological polar surface area (TPSA) is 59.2 Å². The summed E-state index contributed by atoms with van der Waals surface area (Å²) in [5.74, 6) is 2.04. The normalized spacial score (nSPS) is 47.8. The highest BCUT2D eigenvalue weighted by molar-refractivity contribution is 5.21. The van der Waals surface area contributed by atoms with E-state index >= 15 is 0 Å². The van der Waals surface area contributed by atoms with Crippen LogP contribution in [0.2, 0.25) is 0 Å². The van der Waals surface area contributed by atoms with Crippen LogP contribution in [0.4, 0.5) is 0 Å². The Morgan fingerprint density at radius 1 is 1.16 bits per heavy atom. The summed E-state index contributed by atoms with van der Waals surface area (Å²) in [6.45, 7) is 4.73.